The molecule has 1 aliphatic carbocycles. The fourth-order valence-corrected chi connectivity index (χ4v) is 3.16. The van der Waals surface area contributed by atoms with Gasteiger partial charge in [0, 0.05) is 17.6 Å². The van der Waals surface area contributed by atoms with E-state index in [0.717, 1.165) is 12.0 Å². The number of fused-ring (bicyclic) bond motifs is 3. The first-order valence-electron chi connectivity index (χ1n) is 7.17. The van der Waals surface area contributed by atoms with E-state index >= 15 is 0 Å². The van der Waals surface area contributed by atoms with Crippen LogP contribution in [0.4, 0.5) is 0 Å². The minimum absolute atomic E-state index is 0.0351. The van der Waals surface area contributed by atoms with Gasteiger partial charge in [0.25, 0.3) is 6.29 Å². The molecule has 1 aromatic carbocycles. The van der Waals surface area contributed by atoms with Gasteiger partial charge in [-0.25, -0.2) is 9.59 Å². The third-order valence-corrected chi connectivity index (χ3v) is 4.30. The Morgan fingerprint density at radius 2 is 2.00 bits per heavy atom. The number of hydrogen-bond acceptors (Lipinski definition) is 5. The molecule has 1 saturated heterocycles. The predicted octanol–water partition coefficient (Wildman–Crippen LogP) is 2.19. The Hall–Kier alpha value is -2.56. The second-order valence-corrected chi connectivity index (χ2v) is 5.67. The number of esters is 2. The summed E-state index contributed by atoms with van der Waals surface area (Å²) in [5, 5.41) is 0. The molecule has 5 nitrogen and oxygen atoms in total. The SMILES string of the molecule is CC1=C[C@H](O/C=C2\C(=O)O[C@H]3c4ccccc4C[C@@H]23)OC1=O. The van der Waals surface area contributed by atoms with Gasteiger partial charge in [0.15, 0.2) is 0 Å². The monoisotopic (exact) mass is 298 g/mol. The fraction of sp³-hybridized carbons (Fsp3) is 0.294. The minimum atomic E-state index is -0.768. The van der Waals surface area contributed by atoms with E-state index in [1.165, 1.54) is 11.8 Å². The maximum Gasteiger partial charge on any atom is 0.338 e. The Morgan fingerprint density at radius 3 is 2.77 bits per heavy atom. The molecule has 0 N–H and O–H groups in total. The van der Waals surface area contributed by atoms with Crippen LogP contribution in [0.25, 0.3) is 0 Å². The smallest absolute Gasteiger partial charge is 0.338 e. The molecule has 112 valence electrons. The van der Waals surface area contributed by atoms with Crippen LogP contribution in [0.15, 0.2) is 47.7 Å². The van der Waals surface area contributed by atoms with E-state index in [9.17, 15) is 9.59 Å². The molecule has 0 amide bonds. The van der Waals surface area contributed by atoms with Crippen molar-refractivity contribution in [1.82, 2.24) is 0 Å². The molecule has 22 heavy (non-hydrogen) atoms. The summed E-state index contributed by atoms with van der Waals surface area (Å²) in [5.74, 6) is -0.801. The largest absolute Gasteiger partial charge is 0.458 e. The molecule has 0 aromatic heterocycles. The van der Waals surface area contributed by atoms with Crippen molar-refractivity contribution in [3.8, 4) is 0 Å². The quantitative estimate of drug-likeness (QED) is 0.476. The van der Waals surface area contributed by atoms with E-state index in [1.807, 2.05) is 24.3 Å². The molecule has 2 heterocycles. The highest BCUT2D eigenvalue weighted by atomic mass is 16.7. The molecule has 0 saturated carbocycles. The first-order chi connectivity index (χ1) is 10.6. The van der Waals surface area contributed by atoms with E-state index in [1.54, 1.807) is 13.0 Å². The van der Waals surface area contributed by atoms with Crippen molar-refractivity contribution in [2.75, 3.05) is 0 Å². The highest BCUT2D eigenvalue weighted by molar-refractivity contribution is 5.92. The van der Waals surface area contributed by atoms with Crippen LogP contribution in [0.1, 0.15) is 24.2 Å². The van der Waals surface area contributed by atoms with Crippen LogP contribution in [0.3, 0.4) is 0 Å². The van der Waals surface area contributed by atoms with E-state index in [2.05, 4.69) is 0 Å². The van der Waals surface area contributed by atoms with Gasteiger partial charge < -0.3 is 14.2 Å². The van der Waals surface area contributed by atoms with Crippen LogP contribution >= 0.6 is 0 Å². The van der Waals surface area contributed by atoms with E-state index in [4.69, 9.17) is 14.2 Å². The molecule has 3 aliphatic rings. The number of cyclic esters (lactones) is 1. The third kappa shape index (κ3) is 1.93. The second-order valence-electron chi connectivity index (χ2n) is 5.67. The molecule has 0 spiro atoms. The topological polar surface area (TPSA) is 61.8 Å². The van der Waals surface area contributed by atoms with Crippen LogP contribution in [0.2, 0.25) is 0 Å². The molecule has 1 aromatic rings. The van der Waals surface area contributed by atoms with Gasteiger partial charge >= 0.3 is 11.9 Å². The van der Waals surface area contributed by atoms with Gasteiger partial charge in [0.05, 0.1) is 11.8 Å². The van der Waals surface area contributed by atoms with Crippen molar-refractivity contribution in [2.45, 2.75) is 25.7 Å². The van der Waals surface area contributed by atoms with E-state index in [-0.39, 0.29) is 18.0 Å². The lowest BCUT2D eigenvalue weighted by Crippen LogP contribution is -2.11. The van der Waals surface area contributed by atoms with Gasteiger partial charge in [-0.05, 0) is 24.5 Å². The average Bonchev–Trinajstić information content (AvgIpc) is 3.10. The summed E-state index contributed by atoms with van der Waals surface area (Å²) < 4.78 is 15.9. The maximum atomic E-state index is 12.0. The molecule has 5 heteroatoms. The highest BCUT2D eigenvalue weighted by Gasteiger charge is 2.46. The summed E-state index contributed by atoms with van der Waals surface area (Å²) in [4.78, 5) is 23.3. The van der Waals surface area contributed by atoms with Crippen LogP contribution in [0, 0.1) is 5.92 Å². The van der Waals surface area contributed by atoms with E-state index in [0.29, 0.717) is 11.1 Å². The lowest BCUT2D eigenvalue weighted by atomic mass is 9.98. The molecule has 3 atom stereocenters. The Bertz CT molecular complexity index is 730. The van der Waals surface area contributed by atoms with Crippen molar-refractivity contribution < 1.29 is 23.8 Å². The zero-order chi connectivity index (χ0) is 15.3. The van der Waals surface area contributed by atoms with Gasteiger partial charge in [-0.1, -0.05) is 24.3 Å². The Labute approximate surface area is 127 Å². The third-order valence-electron chi connectivity index (χ3n) is 4.30. The molecule has 2 aliphatic heterocycles. The van der Waals surface area contributed by atoms with Crippen molar-refractivity contribution in [3.05, 3.63) is 58.9 Å². The zero-order valence-corrected chi connectivity index (χ0v) is 11.9. The van der Waals surface area contributed by atoms with Crippen LogP contribution < -0.4 is 0 Å². The van der Waals surface area contributed by atoms with Crippen LogP contribution in [-0.4, -0.2) is 18.2 Å². The molecule has 1 fully saturated rings. The molecular weight excluding hydrogens is 284 g/mol. The number of carbonyl (C=O) groups excluding carboxylic acids is 2. The fourth-order valence-electron chi connectivity index (χ4n) is 3.16. The van der Waals surface area contributed by atoms with Crippen molar-refractivity contribution in [1.29, 1.82) is 0 Å². The lowest BCUT2D eigenvalue weighted by Gasteiger charge is -2.09. The van der Waals surface area contributed by atoms with Gasteiger partial charge in [-0.3, -0.25) is 0 Å². The summed E-state index contributed by atoms with van der Waals surface area (Å²) >= 11 is 0. The number of ether oxygens (including phenoxy) is 3. The van der Waals surface area contributed by atoms with Crippen molar-refractivity contribution >= 4 is 11.9 Å². The van der Waals surface area contributed by atoms with Crippen molar-refractivity contribution in [3.63, 3.8) is 0 Å². The summed E-state index contributed by atoms with van der Waals surface area (Å²) in [7, 11) is 0. The Balaban J connectivity index is 1.55. The second kappa shape index (κ2) is 4.73. The molecule has 0 bridgehead atoms. The first-order valence-corrected chi connectivity index (χ1v) is 7.17. The van der Waals surface area contributed by atoms with Crippen LogP contribution in [-0.2, 0) is 30.2 Å². The Morgan fingerprint density at radius 1 is 1.18 bits per heavy atom. The van der Waals surface area contributed by atoms with Crippen LogP contribution in [0.5, 0.6) is 0 Å². The Kier molecular flexibility index (Phi) is 2.82. The van der Waals surface area contributed by atoms with Gasteiger partial charge in [0.2, 0.25) is 0 Å². The number of rotatable bonds is 2. The number of hydrogen-bond donors (Lipinski definition) is 0. The average molecular weight is 298 g/mol. The summed E-state index contributed by atoms with van der Waals surface area (Å²) in [5.41, 5.74) is 3.25. The molecule has 0 radical (unpaired) electrons. The van der Waals surface area contributed by atoms with E-state index < -0.39 is 12.3 Å². The maximum absolute atomic E-state index is 12.0. The van der Waals surface area contributed by atoms with Gasteiger partial charge in [-0.2, -0.15) is 0 Å². The highest BCUT2D eigenvalue weighted by Crippen LogP contribution is 2.47. The number of carbonyl (C=O) groups is 2. The molecule has 4 rings (SSSR count). The summed E-state index contributed by atoms with van der Waals surface area (Å²) in [6.45, 7) is 1.66. The molecule has 0 unspecified atom stereocenters. The van der Waals surface area contributed by atoms with Crippen molar-refractivity contribution in [2.24, 2.45) is 5.92 Å². The first kappa shape index (κ1) is 13.1. The summed E-state index contributed by atoms with van der Waals surface area (Å²) in [6.07, 6.45) is 2.71. The summed E-state index contributed by atoms with van der Waals surface area (Å²) in [6, 6.07) is 7.96. The standard InChI is InChI=1S/C17H14O5/c1-9-6-14(21-16(9)18)20-8-13-12-7-10-4-2-3-5-11(10)15(12)22-17(13)19/h2-6,8,12,14-15H,7H2,1H3/b13-8-/t12-,14+,15-/m0/s1. The normalized spacial score (nSPS) is 30.7. The lowest BCUT2D eigenvalue weighted by molar-refractivity contribution is -0.152. The van der Waals surface area contributed by atoms with Gasteiger partial charge in [-0.15, -0.1) is 0 Å². The predicted molar refractivity (Wildman–Crippen MR) is 75.3 cm³/mol. The molecular formula is C17H14O5. The zero-order valence-electron chi connectivity index (χ0n) is 11.9. The number of benzene rings is 1. The van der Waals surface area contributed by atoms with Gasteiger partial charge in [0.1, 0.15) is 6.10 Å². The minimum Gasteiger partial charge on any atom is -0.458 e.